The van der Waals surface area contributed by atoms with Gasteiger partial charge in [0.2, 0.25) is 0 Å². The second-order valence-electron chi connectivity index (χ2n) is 6.46. The molecule has 148 valence electrons. The third kappa shape index (κ3) is 7.47. The lowest BCUT2D eigenvalue weighted by Crippen LogP contribution is -2.41. The Morgan fingerprint density at radius 2 is 2.12 bits per heavy atom. The van der Waals surface area contributed by atoms with E-state index in [9.17, 15) is 0 Å². The molecule has 0 bridgehead atoms. The molecule has 5 nitrogen and oxygen atoms in total. The Labute approximate surface area is 167 Å². The summed E-state index contributed by atoms with van der Waals surface area (Å²) in [6.45, 7) is 10.5. The van der Waals surface area contributed by atoms with E-state index in [1.165, 1.54) is 28.3 Å². The van der Waals surface area contributed by atoms with Crippen molar-refractivity contribution < 1.29 is 4.74 Å². The Morgan fingerprint density at radius 1 is 1.31 bits per heavy atom. The van der Waals surface area contributed by atoms with Crippen molar-refractivity contribution in [2.24, 2.45) is 4.99 Å². The monoisotopic (exact) mass is 398 g/mol. The smallest absolute Gasteiger partial charge is 0.191 e. The quantitative estimate of drug-likeness (QED) is 0.360. The van der Waals surface area contributed by atoms with Crippen molar-refractivity contribution in [1.82, 2.24) is 15.5 Å². The number of ether oxygens (including phenoxy) is 1. The summed E-state index contributed by atoms with van der Waals surface area (Å²) >= 11 is 3.80. The number of nitrogens with zero attached hydrogens (tertiary/aromatic N) is 2. The number of nitrogens with one attached hydrogen (secondary N) is 2. The average Bonchev–Trinajstić information content (AvgIpc) is 3.08. The zero-order chi connectivity index (χ0) is 18.6. The van der Waals surface area contributed by atoms with Crippen LogP contribution in [0.25, 0.3) is 0 Å². The second kappa shape index (κ2) is 12.6. The SMILES string of the molecule is CCNC(=NCC(c1ccc(C)s1)N1CCOCC1)NCCCCSC. The van der Waals surface area contributed by atoms with Crippen LogP contribution in [0.2, 0.25) is 0 Å². The molecule has 0 aliphatic carbocycles. The topological polar surface area (TPSA) is 48.9 Å². The minimum Gasteiger partial charge on any atom is -0.379 e. The fraction of sp³-hybridized carbons (Fsp3) is 0.737. The maximum absolute atomic E-state index is 5.54. The number of hydrogen-bond acceptors (Lipinski definition) is 5. The van der Waals surface area contributed by atoms with Crippen LogP contribution in [0.15, 0.2) is 17.1 Å². The van der Waals surface area contributed by atoms with Crippen LogP contribution in [-0.4, -0.2) is 68.8 Å². The van der Waals surface area contributed by atoms with E-state index >= 15 is 0 Å². The van der Waals surface area contributed by atoms with E-state index < -0.39 is 0 Å². The number of guanidine groups is 1. The molecular formula is C19H34N4OS2. The molecule has 26 heavy (non-hydrogen) atoms. The van der Waals surface area contributed by atoms with E-state index in [2.05, 4.69) is 47.8 Å². The van der Waals surface area contributed by atoms with Crippen LogP contribution < -0.4 is 10.6 Å². The van der Waals surface area contributed by atoms with Crippen LogP contribution in [0.4, 0.5) is 0 Å². The van der Waals surface area contributed by atoms with Gasteiger partial charge in [-0.1, -0.05) is 0 Å². The first-order valence-corrected chi connectivity index (χ1v) is 11.8. The lowest BCUT2D eigenvalue weighted by molar-refractivity contribution is 0.0186. The van der Waals surface area contributed by atoms with Crippen molar-refractivity contribution in [2.45, 2.75) is 32.7 Å². The number of morpholine rings is 1. The van der Waals surface area contributed by atoms with Crippen molar-refractivity contribution in [3.05, 3.63) is 21.9 Å². The first kappa shape index (κ1) is 21.5. The summed E-state index contributed by atoms with van der Waals surface area (Å²) in [6.07, 6.45) is 4.59. The molecule has 0 radical (unpaired) electrons. The van der Waals surface area contributed by atoms with Gasteiger partial charge in [0.1, 0.15) is 0 Å². The molecule has 0 aromatic carbocycles. The lowest BCUT2D eigenvalue weighted by Gasteiger charge is -2.33. The number of rotatable bonds is 10. The average molecular weight is 399 g/mol. The molecule has 0 saturated carbocycles. The van der Waals surface area contributed by atoms with Crippen molar-refractivity contribution in [3.63, 3.8) is 0 Å². The summed E-state index contributed by atoms with van der Waals surface area (Å²) in [5, 5.41) is 6.87. The third-order valence-electron chi connectivity index (χ3n) is 4.41. The predicted molar refractivity (Wildman–Crippen MR) is 116 cm³/mol. The Bertz CT molecular complexity index is 529. The van der Waals surface area contributed by atoms with Gasteiger partial charge in [-0.2, -0.15) is 11.8 Å². The highest BCUT2D eigenvalue weighted by molar-refractivity contribution is 7.98. The molecule has 1 aromatic rings. The highest BCUT2D eigenvalue weighted by Crippen LogP contribution is 2.28. The maximum Gasteiger partial charge on any atom is 0.191 e. The van der Waals surface area contributed by atoms with Crippen molar-refractivity contribution in [1.29, 1.82) is 0 Å². The van der Waals surface area contributed by atoms with E-state index in [0.29, 0.717) is 6.04 Å². The molecule has 1 unspecified atom stereocenters. The number of hydrogen-bond donors (Lipinski definition) is 2. The predicted octanol–water partition coefficient (Wildman–Crippen LogP) is 3.13. The van der Waals surface area contributed by atoms with Gasteiger partial charge in [0, 0.05) is 35.9 Å². The van der Waals surface area contributed by atoms with Gasteiger partial charge in [0.15, 0.2) is 5.96 Å². The first-order chi connectivity index (χ1) is 12.7. The number of aryl methyl sites for hydroxylation is 1. The molecule has 1 saturated heterocycles. The zero-order valence-corrected chi connectivity index (χ0v) is 18.1. The molecule has 2 heterocycles. The van der Waals surface area contributed by atoms with E-state index in [1.807, 2.05) is 23.1 Å². The van der Waals surface area contributed by atoms with E-state index in [1.54, 1.807) is 0 Å². The van der Waals surface area contributed by atoms with Gasteiger partial charge in [-0.3, -0.25) is 9.89 Å². The van der Waals surface area contributed by atoms with Crippen LogP contribution in [0, 0.1) is 6.92 Å². The Kier molecular flexibility index (Phi) is 10.4. The van der Waals surface area contributed by atoms with E-state index in [4.69, 9.17) is 9.73 Å². The van der Waals surface area contributed by atoms with Crippen LogP contribution in [0.3, 0.4) is 0 Å². The van der Waals surface area contributed by atoms with Gasteiger partial charge in [-0.05, 0) is 50.8 Å². The summed E-state index contributed by atoms with van der Waals surface area (Å²) in [7, 11) is 0. The first-order valence-electron chi connectivity index (χ1n) is 9.63. The molecule has 7 heteroatoms. The Morgan fingerprint density at radius 3 is 2.77 bits per heavy atom. The van der Waals surface area contributed by atoms with Crippen LogP contribution in [-0.2, 0) is 4.74 Å². The molecule has 0 amide bonds. The summed E-state index contributed by atoms with van der Waals surface area (Å²) in [5.74, 6) is 2.16. The standard InChI is InChI=1S/C19H34N4OS2/c1-4-20-19(21-9-5-6-14-25-3)22-15-17(18-8-7-16(2)26-18)23-10-12-24-13-11-23/h7-8,17H,4-6,9-15H2,1-3H3,(H2,20,21,22). The maximum atomic E-state index is 5.54. The van der Waals surface area contributed by atoms with Crippen LogP contribution >= 0.6 is 23.1 Å². The molecule has 1 aliphatic rings. The molecule has 1 aliphatic heterocycles. The molecule has 2 rings (SSSR count). The highest BCUT2D eigenvalue weighted by atomic mass is 32.2. The van der Waals surface area contributed by atoms with E-state index in [-0.39, 0.29) is 0 Å². The van der Waals surface area contributed by atoms with Crippen molar-refractivity contribution >= 4 is 29.1 Å². The number of thiophene rings is 1. The zero-order valence-electron chi connectivity index (χ0n) is 16.4. The van der Waals surface area contributed by atoms with Gasteiger partial charge in [0.25, 0.3) is 0 Å². The third-order valence-corrected chi connectivity index (χ3v) is 6.21. The molecule has 2 N–H and O–H groups in total. The van der Waals surface area contributed by atoms with Crippen molar-refractivity contribution in [3.8, 4) is 0 Å². The molecular weight excluding hydrogens is 364 g/mol. The molecule has 0 spiro atoms. The van der Waals surface area contributed by atoms with Gasteiger partial charge in [0.05, 0.1) is 25.8 Å². The Hall–Kier alpha value is -0.760. The van der Waals surface area contributed by atoms with E-state index in [0.717, 1.165) is 51.9 Å². The normalized spacial score (nSPS) is 17.3. The van der Waals surface area contributed by atoms with Gasteiger partial charge >= 0.3 is 0 Å². The fourth-order valence-corrected chi connectivity index (χ4v) is 4.50. The summed E-state index contributed by atoms with van der Waals surface area (Å²) < 4.78 is 5.54. The van der Waals surface area contributed by atoms with Crippen molar-refractivity contribution in [2.75, 3.05) is 57.9 Å². The van der Waals surface area contributed by atoms with Crippen LogP contribution in [0.1, 0.15) is 35.6 Å². The van der Waals surface area contributed by atoms with Crippen LogP contribution in [0.5, 0.6) is 0 Å². The van der Waals surface area contributed by atoms with Gasteiger partial charge in [-0.25, -0.2) is 0 Å². The molecule has 1 atom stereocenters. The molecule has 1 aromatic heterocycles. The molecule has 1 fully saturated rings. The number of unbranched alkanes of at least 4 members (excludes halogenated alkanes) is 1. The minimum absolute atomic E-state index is 0.338. The van der Waals surface area contributed by atoms with Gasteiger partial charge in [-0.15, -0.1) is 11.3 Å². The number of thioether (sulfide) groups is 1. The summed E-state index contributed by atoms with van der Waals surface area (Å²) in [5.41, 5.74) is 0. The summed E-state index contributed by atoms with van der Waals surface area (Å²) in [6, 6.07) is 4.81. The fourth-order valence-electron chi connectivity index (χ4n) is 3.00. The highest BCUT2D eigenvalue weighted by Gasteiger charge is 2.23. The number of aliphatic imine (C=N–C) groups is 1. The minimum atomic E-state index is 0.338. The second-order valence-corrected chi connectivity index (χ2v) is 8.76. The Balaban J connectivity index is 1.97. The summed E-state index contributed by atoms with van der Waals surface area (Å²) in [4.78, 5) is 10.2. The van der Waals surface area contributed by atoms with Gasteiger partial charge < -0.3 is 15.4 Å². The lowest BCUT2D eigenvalue weighted by atomic mass is 10.2. The largest absolute Gasteiger partial charge is 0.379 e.